The largest absolute Gasteiger partial charge is 0.341 e. The predicted octanol–water partition coefficient (Wildman–Crippen LogP) is 2.32. The maximum Gasteiger partial charge on any atom is 0.239 e. The van der Waals surface area contributed by atoms with E-state index in [0.29, 0.717) is 11.5 Å². The first-order valence-corrected chi connectivity index (χ1v) is 9.81. The second kappa shape index (κ2) is 8.66. The van der Waals surface area contributed by atoms with Crippen LogP contribution in [0.3, 0.4) is 0 Å². The fourth-order valence-electron chi connectivity index (χ4n) is 3.90. The van der Waals surface area contributed by atoms with Gasteiger partial charge >= 0.3 is 0 Å². The average Bonchev–Trinajstić information content (AvgIpc) is 2.69. The second-order valence-electron chi connectivity index (χ2n) is 7.80. The lowest BCUT2D eigenvalue weighted by Crippen LogP contribution is -2.55. The summed E-state index contributed by atoms with van der Waals surface area (Å²) in [5, 5.41) is 8.89. The molecule has 2 aliphatic rings. The van der Waals surface area contributed by atoms with E-state index >= 15 is 0 Å². The van der Waals surface area contributed by atoms with E-state index in [2.05, 4.69) is 34.6 Å². The van der Waals surface area contributed by atoms with Crippen molar-refractivity contribution in [2.24, 2.45) is 5.92 Å². The predicted molar refractivity (Wildman–Crippen MR) is 102 cm³/mol. The molecule has 0 N–H and O–H groups in total. The van der Waals surface area contributed by atoms with Crippen molar-refractivity contribution < 1.29 is 4.79 Å². The number of nitriles is 1. The van der Waals surface area contributed by atoms with Gasteiger partial charge in [-0.05, 0) is 43.4 Å². The summed E-state index contributed by atoms with van der Waals surface area (Å²) in [4.78, 5) is 19.6. The SMILES string of the molecule is CC1CCN(C(=O)[C@@H](C)N2CCN(Cc3ccc(C#N)cc3)CC2)CC1. The van der Waals surface area contributed by atoms with Gasteiger partial charge in [-0.25, -0.2) is 0 Å². The first-order valence-electron chi connectivity index (χ1n) is 9.81. The van der Waals surface area contributed by atoms with E-state index in [1.807, 2.05) is 24.3 Å². The number of piperazine rings is 1. The molecule has 0 aliphatic carbocycles. The van der Waals surface area contributed by atoms with Crippen molar-refractivity contribution in [3.05, 3.63) is 35.4 Å². The van der Waals surface area contributed by atoms with Crippen LogP contribution in [0.2, 0.25) is 0 Å². The molecule has 3 rings (SSSR count). The molecule has 1 atom stereocenters. The van der Waals surface area contributed by atoms with Crippen molar-refractivity contribution in [2.75, 3.05) is 39.3 Å². The van der Waals surface area contributed by atoms with E-state index in [-0.39, 0.29) is 6.04 Å². The highest BCUT2D eigenvalue weighted by Crippen LogP contribution is 2.18. The molecule has 5 nitrogen and oxygen atoms in total. The zero-order valence-corrected chi connectivity index (χ0v) is 16.0. The van der Waals surface area contributed by atoms with E-state index in [1.165, 1.54) is 5.56 Å². The molecule has 2 heterocycles. The Kier molecular flexibility index (Phi) is 6.29. The highest BCUT2D eigenvalue weighted by atomic mass is 16.2. The Bertz CT molecular complexity index is 635. The summed E-state index contributed by atoms with van der Waals surface area (Å²) < 4.78 is 0. The standard InChI is InChI=1S/C21H30N4O/c1-17-7-9-25(10-8-17)21(26)18(2)24-13-11-23(12-14-24)16-20-5-3-19(15-22)4-6-20/h3-6,17-18H,7-14,16H2,1-2H3/t18-/m1/s1. The van der Waals surface area contributed by atoms with Gasteiger partial charge in [-0.1, -0.05) is 19.1 Å². The van der Waals surface area contributed by atoms with E-state index in [1.54, 1.807) is 0 Å². The zero-order valence-electron chi connectivity index (χ0n) is 16.0. The molecule has 2 saturated heterocycles. The number of hydrogen-bond acceptors (Lipinski definition) is 4. The molecule has 1 aromatic rings. The molecule has 5 heteroatoms. The molecular weight excluding hydrogens is 324 g/mol. The number of rotatable bonds is 4. The quantitative estimate of drug-likeness (QED) is 0.833. The van der Waals surface area contributed by atoms with Crippen LogP contribution in [0.15, 0.2) is 24.3 Å². The Morgan fingerprint density at radius 2 is 1.73 bits per heavy atom. The van der Waals surface area contributed by atoms with Gasteiger partial charge in [-0.15, -0.1) is 0 Å². The van der Waals surface area contributed by atoms with Crippen molar-refractivity contribution in [2.45, 2.75) is 39.3 Å². The van der Waals surface area contributed by atoms with Gasteiger partial charge in [-0.3, -0.25) is 14.6 Å². The fraction of sp³-hybridized carbons (Fsp3) is 0.619. The van der Waals surface area contributed by atoms with Crippen LogP contribution < -0.4 is 0 Å². The maximum atomic E-state index is 12.8. The molecule has 1 aromatic carbocycles. The third kappa shape index (κ3) is 4.63. The van der Waals surface area contributed by atoms with Crippen LogP contribution in [0, 0.1) is 17.2 Å². The van der Waals surface area contributed by atoms with E-state index < -0.39 is 0 Å². The summed E-state index contributed by atoms with van der Waals surface area (Å²) in [6.07, 6.45) is 2.27. The first kappa shape index (κ1) is 18.9. The summed E-state index contributed by atoms with van der Waals surface area (Å²) >= 11 is 0. The van der Waals surface area contributed by atoms with Crippen molar-refractivity contribution in [1.82, 2.24) is 14.7 Å². The van der Waals surface area contributed by atoms with Crippen LogP contribution in [0.1, 0.15) is 37.8 Å². The van der Waals surface area contributed by atoms with Crippen LogP contribution in [-0.2, 0) is 11.3 Å². The van der Waals surface area contributed by atoms with Gasteiger partial charge in [0, 0.05) is 45.8 Å². The Labute approximate surface area is 157 Å². The van der Waals surface area contributed by atoms with Gasteiger partial charge in [0.1, 0.15) is 0 Å². The summed E-state index contributed by atoms with van der Waals surface area (Å²) in [5.74, 6) is 1.05. The number of nitrogens with zero attached hydrogens (tertiary/aromatic N) is 4. The van der Waals surface area contributed by atoms with Crippen LogP contribution in [0.5, 0.6) is 0 Å². The van der Waals surface area contributed by atoms with Crippen LogP contribution in [-0.4, -0.2) is 65.9 Å². The number of carbonyl (C=O) groups is 1. The minimum atomic E-state index is -0.0135. The lowest BCUT2D eigenvalue weighted by atomic mass is 9.98. The van der Waals surface area contributed by atoms with Crippen molar-refractivity contribution in [3.63, 3.8) is 0 Å². The second-order valence-corrected chi connectivity index (χ2v) is 7.80. The summed E-state index contributed by atoms with van der Waals surface area (Å²) in [5.41, 5.74) is 1.95. The highest BCUT2D eigenvalue weighted by Gasteiger charge is 2.30. The Balaban J connectivity index is 1.46. The molecule has 0 unspecified atom stereocenters. The highest BCUT2D eigenvalue weighted by molar-refractivity contribution is 5.81. The van der Waals surface area contributed by atoms with E-state index in [4.69, 9.17) is 5.26 Å². The van der Waals surface area contributed by atoms with Crippen molar-refractivity contribution >= 4 is 5.91 Å². The molecule has 2 aliphatic heterocycles. The average molecular weight is 354 g/mol. The molecule has 0 bridgehead atoms. The Morgan fingerprint density at radius 1 is 1.12 bits per heavy atom. The molecule has 1 amide bonds. The summed E-state index contributed by atoms with van der Waals surface area (Å²) in [6.45, 7) is 10.9. The molecule has 26 heavy (non-hydrogen) atoms. The number of piperidine rings is 1. The summed E-state index contributed by atoms with van der Waals surface area (Å²) in [7, 11) is 0. The number of hydrogen-bond donors (Lipinski definition) is 0. The third-order valence-corrected chi connectivity index (χ3v) is 5.90. The van der Waals surface area contributed by atoms with Crippen LogP contribution in [0.25, 0.3) is 0 Å². The van der Waals surface area contributed by atoms with Crippen LogP contribution in [0.4, 0.5) is 0 Å². The molecule has 0 spiro atoms. The van der Waals surface area contributed by atoms with Crippen molar-refractivity contribution in [3.8, 4) is 6.07 Å². The van der Waals surface area contributed by atoms with Gasteiger partial charge < -0.3 is 4.90 Å². The van der Waals surface area contributed by atoms with Gasteiger partial charge in [-0.2, -0.15) is 5.26 Å². The van der Waals surface area contributed by atoms with E-state index in [9.17, 15) is 4.79 Å². The number of carbonyl (C=O) groups excluding carboxylic acids is 1. The number of benzene rings is 1. The Hall–Kier alpha value is -1.90. The first-order chi connectivity index (χ1) is 12.6. The van der Waals surface area contributed by atoms with Gasteiger partial charge in [0.05, 0.1) is 17.7 Å². The molecule has 0 radical (unpaired) electrons. The summed E-state index contributed by atoms with van der Waals surface area (Å²) in [6, 6.07) is 9.98. The molecule has 2 fully saturated rings. The van der Waals surface area contributed by atoms with Crippen molar-refractivity contribution in [1.29, 1.82) is 5.26 Å². The maximum absolute atomic E-state index is 12.8. The van der Waals surface area contributed by atoms with Gasteiger partial charge in [0.15, 0.2) is 0 Å². The third-order valence-electron chi connectivity index (χ3n) is 5.90. The minimum Gasteiger partial charge on any atom is -0.341 e. The lowest BCUT2D eigenvalue weighted by Gasteiger charge is -2.40. The molecular formula is C21H30N4O. The van der Waals surface area contributed by atoms with Gasteiger partial charge in [0.25, 0.3) is 0 Å². The zero-order chi connectivity index (χ0) is 18.5. The minimum absolute atomic E-state index is 0.0135. The molecule has 0 saturated carbocycles. The van der Waals surface area contributed by atoms with Gasteiger partial charge in [0.2, 0.25) is 5.91 Å². The smallest absolute Gasteiger partial charge is 0.239 e. The van der Waals surface area contributed by atoms with Crippen LogP contribution >= 0.6 is 0 Å². The molecule has 140 valence electrons. The monoisotopic (exact) mass is 354 g/mol. The normalized spacial score (nSPS) is 21.3. The Morgan fingerprint density at radius 3 is 2.31 bits per heavy atom. The van der Waals surface area contributed by atoms with E-state index in [0.717, 1.165) is 64.6 Å². The molecule has 0 aromatic heterocycles. The fourth-order valence-corrected chi connectivity index (χ4v) is 3.90. The topological polar surface area (TPSA) is 50.6 Å². The number of likely N-dealkylation sites (tertiary alicyclic amines) is 1. The number of amides is 1. The lowest BCUT2D eigenvalue weighted by molar-refractivity contribution is -0.138.